The zero-order valence-corrected chi connectivity index (χ0v) is 18.7. The highest BCUT2D eigenvalue weighted by Gasteiger charge is 2.14. The monoisotopic (exact) mass is 482 g/mol. The van der Waals surface area contributed by atoms with Crippen molar-refractivity contribution in [3.8, 4) is 11.1 Å². The zero-order valence-electron chi connectivity index (χ0n) is 16.3. The van der Waals surface area contributed by atoms with E-state index in [0.29, 0.717) is 28.9 Å². The summed E-state index contributed by atoms with van der Waals surface area (Å²) in [5, 5.41) is 2.58. The molecule has 0 atom stereocenters. The average Bonchev–Trinajstić information content (AvgIpc) is 3.19. The van der Waals surface area contributed by atoms with Gasteiger partial charge in [0.1, 0.15) is 4.83 Å². The van der Waals surface area contributed by atoms with E-state index in [-0.39, 0.29) is 11.5 Å². The van der Waals surface area contributed by atoms with Gasteiger partial charge in [-0.3, -0.25) is 9.36 Å². The van der Waals surface area contributed by atoms with Gasteiger partial charge in [-0.2, -0.15) is 0 Å². The Morgan fingerprint density at radius 2 is 2.00 bits per heavy atom. The van der Waals surface area contributed by atoms with Crippen molar-refractivity contribution in [1.82, 2.24) is 9.55 Å². The highest BCUT2D eigenvalue weighted by atomic mass is 79.9. The van der Waals surface area contributed by atoms with Crippen LogP contribution < -0.4 is 5.56 Å². The van der Waals surface area contributed by atoms with Gasteiger partial charge in [0.05, 0.1) is 30.4 Å². The minimum Gasteiger partial charge on any atom is -0.462 e. The van der Waals surface area contributed by atoms with Gasteiger partial charge in [0.25, 0.3) is 5.56 Å². The van der Waals surface area contributed by atoms with Crippen molar-refractivity contribution in [3.63, 3.8) is 0 Å². The summed E-state index contributed by atoms with van der Waals surface area (Å²) in [6.45, 7) is 2.67. The fourth-order valence-electron chi connectivity index (χ4n) is 3.19. The maximum Gasteiger partial charge on any atom is 0.338 e. The third-order valence-corrected chi connectivity index (χ3v) is 6.08. The third kappa shape index (κ3) is 4.22. The molecular weight excluding hydrogens is 464 g/mol. The average molecular weight is 483 g/mol. The molecule has 152 valence electrons. The van der Waals surface area contributed by atoms with Gasteiger partial charge in [0.2, 0.25) is 0 Å². The Hall–Kier alpha value is -2.77. The van der Waals surface area contributed by atoms with Crippen LogP contribution in [0.2, 0.25) is 0 Å². The van der Waals surface area contributed by atoms with Crippen molar-refractivity contribution in [2.24, 2.45) is 0 Å². The first-order chi connectivity index (χ1) is 14.6. The van der Waals surface area contributed by atoms with Gasteiger partial charge < -0.3 is 4.74 Å². The summed E-state index contributed by atoms with van der Waals surface area (Å²) in [7, 11) is 0. The summed E-state index contributed by atoms with van der Waals surface area (Å²) in [4.78, 5) is 30.6. The number of esters is 1. The molecule has 0 fully saturated rings. The number of carbonyl (C=O) groups is 1. The number of thiophene rings is 1. The van der Waals surface area contributed by atoms with Gasteiger partial charge in [-0.1, -0.05) is 47.1 Å². The van der Waals surface area contributed by atoms with Crippen LogP contribution in [0.4, 0.5) is 0 Å². The van der Waals surface area contributed by atoms with Crippen molar-refractivity contribution < 1.29 is 9.53 Å². The lowest BCUT2D eigenvalue weighted by atomic mass is 10.1. The molecule has 2 heterocycles. The van der Waals surface area contributed by atoms with Crippen LogP contribution in [-0.4, -0.2) is 22.1 Å². The molecule has 7 heteroatoms. The molecule has 4 rings (SSSR count). The molecule has 0 radical (unpaired) electrons. The Morgan fingerprint density at radius 1 is 1.20 bits per heavy atom. The molecule has 0 saturated carbocycles. The molecule has 0 unspecified atom stereocenters. The number of carbonyl (C=O) groups excluding carboxylic acids is 1. The van der Waals surface area contributed by atoms with Crippen LogP contribution in [0, 0.1) is 0 Å². The van der Waals surface area contributed by atoms with Crippen LogP contribution in [0.5, 0.6) is 0 Å². The van der Waals surface area contributed by atoms with Gasteiger partial charge in [0, 0.05) is 15.4 Å². The predicted molar refractivity (Wildman–Crippen MR) is 123 cm³/mol. The van der Waals surface area contributed by atoms with E-state index in [9.17, 15) is 9.59 Å². The maximum absolute atomic E-state index is 13.2. The molecule has 0 saturated heterocycles. The molecule has 30 heavy (non-hydrogen) atoms. The highest BCUT2D eigenvalue weighted by molar-refractivity contribution is 9.10. The Bertz CT molecular complexity index is 1260. The van der Waals surface area contributed by atoms with Gasteiger partial charge in [-0.05, 0) is 41.8 Å². The van der Waals surface area contributed by atoms with Crippen LogP contribution in [0.25, 0.3) is 21.3 Å². The molecule has 0 amide bonds. The Kier molecular flexibility index (Phi) is 6.11. The molecule has 0 aliphatic heterocycles. The van der Waals surface area contributed by atoms with Crippen molar-refractivity contribution in [1.29, 1.82) is 0 Å². The lowest BCUT2D eigenvalue weighted by molar-refractivity contribution is 0.0505. The van der Waals surface area contributed by atoms with Crippen LogP contribution >= 0.6 is 27.3 Å². The van der Waals surface area contributed by atoms with Crippen molar-refractivity contribution >= 4 is 43.5 Å². The SMILES string of the molecule is CCCOC(=O)c1cccc(Cn2cnc3scc(-c4ccc(Br)cc4)c3c2=O)c1. The van der Waals surface area contributed by atoms with Crippen molar-refractivity contribution in [2.45, 2.75) is 19.9 Å². The minimum absolute atomic E-state index is 0.0990. The smallest absolute Gasteiger partial charge is 0.338 e. The number of benzene rings is 2. The van der Waals surface area contributed by atoms with Crippen LogP contribution in [-0.2, 0) is 11.3 Å². The van der Waals surface area contributed by atoms with E-state index in [0.717, 1.165) is 27.6 Å². The standard InChI is InChI=1S/C23H19BrN2O3S/c1-2-10-29-23(28)17-5-3-4-15(11-17)12-26-14-25-21-20(22(26)27)19(13-30-21)16-6-8-18(24)9-7-16/h3-9,11,13-14H,2,10,12H2,1H3. The number of aromatic nitrogens is 2. The van der Waals surface area contributed by atoms with E-state index in [1.54, 1.807) is 29.1 Å². The molecule has 2 aromatic heterocycles. The van der Waals surface area contributed by atoms with Crippen LogP contribution in [0.15, 0.2) is 69.5 Å². The Labute approximate surface area is 186 Å². The molecule has 0 aliphatic rings. The summed E-state index contributed by atoms with van der Waals surface area (Å²) >= 11 is 4.90. The summed E-state index contributed by atoms with van der Waals surface area (Å²) < 4.78 is 7.77. The summed E-state index contributed by atoms with van der Waals surface area (Å²) in [6, 6.07) is 15.0. The number of halogens is 1. The second kappa shape index (κ2) is 8.93. The largest absolute Gasteiger partial charge is 0.462 e. The fourth-order valence-corrected chi connectivity index (χ4v) is 4.36. The van der Waals surface area contributed by atoms with E-state index in [1.165, 1.54) is 11.3 Å². The number of hydrogen-bond donors (Lipinski definition) is 0. The summed E-state index contributed by atoms with van der Waals surface area (Å²) in [6.07, 6.45) is 2.34. The first kappa shape index (κ1) is 20.5. The lowest BCUT2D eigenvalue weighted by Crippen LogP contribution is -2.21. The zero-order chi connectivity index (χ0) is 21.1. The summed E-state index contributed by atoms with van der Waals surface area (Å²) in [5.41, 5.74) is 3.07. The molecule has 0 spiro atoms. The third-order valence-electron chi connectivity index (χ3n) is 4.67. The second-order valence-corrected chi connectivity index (χ2v) is 8.62. The molecule has 0 aliphatic carbocycles. The highest BCUT2D eigenvalue weighted by Crippen LogP contribution is 2.31. The quantitative estimate of drug-likeness (QED) is 0.340. The van der Waals surface area contributed by atoms with E-state index in [4.69, 9.17) is 4.74 Å². The first-order valence-electron chi connectivity index (χ1n) is 9.55. The molecular formula is C23H19BrN2O3S. The molecule has 5 nitrogen and oxygen atoms in total. The first-order valence-corrected chi connectivity index (χ1v) is 11.2. The van der Waals surface area contributed by atoms with Gasteiger partial charge in [-0.15, -0.1) is 11.3 Å². The number of hydrogen-bond acceptors (Lipinski definition) is 5. The van der Waals surface area contributed by atoms with E-state index in [1.807, 2.05) is 42.6 Å². The van der Waals surface area contributed by atoms with Gasteiger partial charge in [0.15, 0.2) is 0 Å². The van der Waals surface area contributed by atoms with E-state index >= 15 is 0 Å². The van der Waals surface area contributed by atoms with Crippen LogP contribution in [0.3, 0.4) is 0 Å². The minimum atomic E-state index is -0.352. The second-order valence-electron chi connectivity index (χ2n) is 6.85. The Balaban J connectivity index is 1.68. The number of nitrogens with zero attached hydrogens (tertiary/aromatic N) is 2. The molecule has 2 aromatic carbocycles. The van der Waals surface area contributed by atoms with Crippen LogP contribution in [0.1, 0.15) is 29.3 Å². The van der Waals surface area contributed by atoms with Crippen molar-refractivity contribution in [2.75, 3.05) is 6.61 Å². The predicted octanol–water partition coefficient (Wildman–Crippen LogP) is 5.50. The normalized spacial score (nSPS) is 11.0. The van der Waals surface area contributed by atoms with E-state index < -0.39 is 0 Å². The molecule has 0 bridgehead atoms. The van der Waals surface area contributed by atoms with Gasteiger partial charge in [-0.25, -0.2) is 9.78 Å². The van der Waals surface area contributed by atoms with Crippen molar-refractivity contribution in [3.05, 3.63) is 86.2 Å². The lowest BCUT2D eigenvalue weighted by Gasteiger charge is -2.08. The number of fused-ring (bicyclic) bond motifs is 1. The molecule has 4 aromatic rings. The molecule has 0 N–H and O–H groups in total. The maximum atomic E-state index is 13.2. The number of ether oxygens (including phenoxy) is 1. The summed E-state index contributed by atoms with van der Waals surface area (Å²) in [5.74, 6) is -0.352. The van der Waals surface area contributed by atoms with Gasteiger partial charge >= 0.3 is 5.97 Å². The van der Waals surface area contributed by atoms with E-state index in [2.05, 4.69) is 20.9 Å². The fraction of sp³-hybridized carbons (Fsp3) is 0.174. The number of rotatable bonds is 6. The topological polar surface area (TPSA) is 61.2 Å². The Morgan fingerprint density at radius 3 is 2.77 bits per heavy atom.